The van der Waals surface area contributed by atoms with Crippen LogP contribution in [0, 0.1) is 5.92 Å². The molecule has 0 bridgehead atoms. The number of nitrogens with zero attached hydrogens (tertiary/aromatic N) is 4. The summed E-state index contributed by atoms with van der Waals surface area (Å²) < 4.78 is 7.96. The van der Waals surface area contributed by atoms with Gasteiger partial charge in [-0.05, 0) is 18.8 Å². The molecule has 6 heteroatoms. The Hall–Kier alpha value is -1.56. The van der Waals surface area contributed by atoms with Crippen molar-refractivity contribution in [3.63, 3.8) is 0 Å². The van der Waals surface area contributed by atoms with Gasteiger partial charge < -0.3 is 19.1 Å². The highest BCUT2D eigenvalue weighted by molar-refractivity contribution is 5.74. The molecule has 0 N–H and O–H groups in total. The number of rotatable bonds is 4. The van der Waals surface area contributed by atoms with E-state index in [1.165, 1.54) is 12.8 Å². The van der Waals surface area contributed by atoms with Gasteiger partial charge in [-0.15, -0.1) is 0 Å². The van der Waals surface area contributed by atoms with Crippen molar-refractivity contribution < 1.29 is 9.53 Å². The second-order valence-electron chi connectivity index (χ2n) is 5.98. The summed E-state index contributed by atoms with van der Waals surface area (Å²) in [7, 11) is 3.57. The van der Waals surface area contributed by atoms with Crippen LogP contribution in [0.3, 0.4) is 0 Å². The first-order valence-corrected chi connectivity index (χ1v) is 7.20. The Kier molecular flexibility index (Phi) is 3.65. The second kappa shape index (κ2) is 5.44. The average Bonchev–Trinajstić information content (AvgIpc) is 3.12. The summed E-state index contributed by atoms with van der Waals surface area (Å²) in [6, 6.07) is 0.216. The number of hydrogen-bond acceptors (Lipinski definition) is 3. The predicted octanol–water partition coefficient (Wildman–Crippen LogP) is 1.35. The summed E-state index contributed by atoms with van der Waals surface area (Å²) in [6.07, 6.45) is 6.28. The molecule has 0 saturated heterocycles. The van der Waals surface area contributed by atoms with Crippen molar-refractivity contribution in [2.24, 2.45) is 5.92 Å². The van der Waals surface area contributed by atoms with Crippen LogP contribution in [-0.2, 0) is 11.3 Å². The number of carbonyl (C=O) groups excluding carboxylic acids is 1. The molecule has 2 amide bonds. The molecule has 0 radical (unpaired) electrons. The lowest BCUT2D eigenvalue weighted by atomic mass is 10.2. The minimum absolute atomic E-state index is 0.0460. The number of hydrogen-bond donors (Lipinski definition) is 0. The maximum absolute atomic E-state index is 12.1. The number of aromatic nitrogens is 2. The largest absolute Gasteiger partial charge is 0.379 e. The van der Waals surface area contributed by atoms with Gasteiger partial charge in [-0.2, -0.15) is 0 Å². The van der Waals surface area contributed by atoms with E-state index in [9.17, 15) is 4.79 Å². The molecule has 6 nitrogen and oxygen atoms in total. The van der Waals surface area contributed by atoms with Gasteiger partial charge in [0.15, 0.2) is 0 Å². The monoisotopic (exact) mass is 278 g/mol. The SMILES string of the molecule is CN(C)C(=O)N1Cc2cncn2C(COCC2CC2)C1. The first kappa shape index (κ1) is 13.4. The van der Waals surface area contributed by atoms with Gasteiger partial charge in [-0.3, -0.25) is 0 Å². The van der Waals surface area contributed by atoms with Gasteiger partial charge in [0.25, 0.3) is 0 Å². The maximum atomic E-state index is 12.1. The van der Waals surface area contributed by atoms with Gasteiger partial charge in [-0.1, -0.05) is 0 Å². The van der Waals surface area contributed by atoms with Crippen LogP contribution in [0.15, 0.2) is 12.5 Å². The molecule has 110 valence electrons. The number of imidazole rings is 1. The first-order chi connectivity index (χ1) is 9.65. The lowest BCUT2D eigenvalue weighted by Gasteiger charge is -2.35. The highest BCUT2D eigenvalue weighted by Gasteiger charge is 2.29. The van der Waals surface area contributed by atoms with E-state index in [1.807, 2.05) is 17.4 Å². The number of ether oxygens (including phenoxy) is 1. The van der Waals surface area contributed by atoms with Crippen LogP contribution in [0.5, 0.6) is 0 Å². The van der Waals surface area contributed by atoms with Crippen molar-refractivity contribution in [2.75, 3.05) is 33.9 Å². The summed E-state index contributed by atoms with van der Waals surface area (Å²) in [4.78, 5) is 19.8. The van der Waals surface area contributed by atoms with Crippen molar-refractivity contribution in [1.29, 1.82) is 0 Å². The Balaban J connectivity index is 1.66. The van der Waals surface area contributed by atoms with E-state index < -0.39 is 0 Å². The van der Waals surface area contributed by atoms with Gasteiger partial charge in [0, 0.05) is 33.4 Å². The van der Waals surface area contributed by atoms with Gasteiger partial charge in [0.05, 0.1) is 31.2 Å². The number of carbonyl (C=O) groups is 1. The van der Waals surface area contributed by atoms with Gasteiger partial charge >= 0.3 is 6.03 Å². The molecule has 1 aromatic rings. The lowest BCUT2D eigenvalue weighted by Crippen LogP contribution is -2.46. The van der Waals surface area contributed by atoms with Crippen molar-refractivity contribution in [2.45, 2.75) is 25.4 Å². The summed E-state index contributed by atoms with van der Waals surface area (Å²) in [5.41, 5.74) is 1.08. The van der Waals surface area contributed by atoms with E-state index in [0.717, 1.165) is 18.2 Å². The maximum Gasteiger partial charge on any atom is 0.319 e. The van der Waals surface area contributed by atoms with Crippen LogP contribution in [0.25, 0.3) is 0 Å². The molecule has 1 unspecified atom stereocenters. The van der Waals surface area contributed by atoms with Crippen LogP contribution >= 0.6 is 0 Å². The Morgan fingerprint density at radius 3 is 2.95 bits per heavy atom. The fourth-order valence-electron chi connectivity index (χ4n) is 2.60. The molecule has 1 aromatic heterocycles. The summed E-state index contributed by atoms with van der Waals surface area (Å²) in [5.74, 6) is 0.764. The molecule has 1 atom stereocenters. The second-order valence-corrected chi connectivity index (χ2v) is 5.98. The third kappa shape index (κ3) is 2.80. The van der Waals surface area contributed by atoms with E-state index in [1.54, 1.807) is 19.0 Å². The minimum atomic E-state index is 0.0460. The number of fused-ring (bicyclic) bond motifs is 1. The predicted molar refractivity (Wildman–Crippen MR) is 74.3 cm³/mol. The van der Waals surface area contributed by atoms with Crippen LogP contribution in [-0.4, -0.2) is 59.2 Å². The molecule has 1 saturated carbocycles. The highest BCUT2D eigenvalue weighted by atomic mass is 16.5. The number of amides is 2. The Bertz CT molecular complexity index is 481. The molecule has 3 rings (SSSR count). The molecule has 1 aliphatic heterocycles. The third-order valence-corrected chi connectivity index (χ3v) is 3.94. The van der Waals surface area contributed by atoms with Crippen LogP contribution in [0.2, 0.25) is 0 Å². The number of urea groups is 1. The molecular weight excluding hydrogens is 256 g/mol. The van der Waals surface area contributed by atoms with Crippen molar-refractivity contribution in [3.8, 4) is 0 Å². The summed E-state index contributed by atoms with van der Waals surface area (Å²) in [6.45, 7) is 2.81. The van der Waals surface area contributed by atoms with Gasteiger partial charge in [-0.25, -0.2) is 9.78 Å². The molecule has 1 aliphatic carbocycles. The quantitative estimate of drug-likeness (QED) is 0.835. The summed E-state index contributed by atoms with van der Waals surface area (Å²) in [5, 5.41) is 0. The van der Waals surface area contributed by atoms with Crippen molar-refractivity contribution >= 4 is 6.03 Å². The highest BCUT2D eigenvalue weighted by Crippen LogP contribution is 2.29. The van der Waals surface area contributed by atoms with E-state index in [-0.39, 0.29) is 12.1 Å². The molecule has 2 heterocycles. The van der Waals surface area contributed by atoms with Crippen LogP contribution in [0.1, 0.15) is 24.6 Å². The Morgan fingerprint density at radius 1 is 1.45 bits per heavy atom. The summed E-state index contributed by atoms with van der Waals surface area (Å²) >= 11 is 0. The molecular formula is C14H22N4O2. The van der Waals surface area contributed by atoms with Crippen molar-refractivity contribution in [1.82, 2.24) is 19.4 Å². The fraction of sp³-hybridized carbons (Fsp3) is 0.714. The lowest BCUT2D eigenvalue weighted by molar-refractivity contribution is 0.0677. The molecule has 0 spiro atoms. The van der Waals surface area contributed by atoms with E-state index >= 15 is 0 Å². The zero-order valence-electron chi connectivity index (χ0n) is 12.2. The van der Waals surface area contributed by atoms with Crippen molar-refractivity contribution in [3.05, 3.63) is 18.2 Å². The Morgan fingerprint density at radius 2 is 2.25 bits per heavy atom. The third-order valence-electron chi connectivity index (χ3n) is 3.94. The van der Waals surface area contributed by atoms with Gasteiger partial charge in [0.1, 0.15) is 0 Å². The zero-order chi connectivity index (χ0) is 14.1. The smallest absolute Gasteiger partial charge is 0.319 e. The topological polar surface area (TPSA) is 50.6 Å². The van der Waals surface area contributed by atoms with E-state index in [0.29, 0.717) is 19.7 Å². The van der Waals surface area contributed by atoms with E-state index in [2.05, 4.69) is 9.55 Å². The normalized spacial score (nSPS) is 21.7. The zero-order valence-corrected chi connectivity index (χ0v) is 12.2. The molecule has 20 heavy (non-hydrogen) atoms. The standard InChI is InChI=1S/C14H22N4O2/c1-16(2)14(19)17-6-12-5-15-10-18(12)13(7-17)9-20-8-11-3-4-11/h5,10-11,13H,3-4,6-9H2,1-2H3. The first-order valence-electron chi connectivity index (χ1n) is 7.20. The Labute approximate surface area is 119 Å². The average molecular weight is 278 g/mol. The van der Waals surface area contributed by atoms with E-state index in [4.69, 9.17) is 4.74 Å². The van der Waals surface area contributed by atoms with Crippen LogP contribution < -0.4 is 0 Å². The minimum Gasteiger partial charge on any atom is -0.379 e. The fourth-order valence-corrected chi connectivity index (χ4v) is 2.60. The molecule has 1 fully saturated rings. The van der Waals surface area contributed by atoms with Gasteiger partial charge in [0.2, 0.25) is 0 Å². The van der Waals surface area contributed by atoms with Crippen LogP contribution in [0.4, 0.5) is 4.79 Å². The molecule has 2 aliphatic rings. The molecule has 0 aromatic carbocycles.